The van der Waals surface area contributed by atoms with Gasteiger partial charge >= 0.3 is 0 Å². The molecule has 0 unspecified atom stereocenters. The van der Waals surface area contributed by atoms with E-state index < -0.39 is 0 Å². The predicted molar refractivity (Wildman–Crippen MR) is 101 cm³/mol. The zero-order valence-corrected chi connectivity index (χ0v) is 15.5. The van der Waals surface area contributed by atoms with Gasteiger partial charge < -0.3 is 14.2 Å². The van der Waals surface area contributed by atoms with Crippen LogP contribution in [0.2, 0.25) is 0 Å². The van der Waals surface area contributed by atoms with Crippen molar-refractivity contribution in [3.63, 3.8) is 0 Å². The lowest BCUT2D eigenvalue weighted by molar-refractivity contribution is 0.0876. The average molecular weight is 342 g/mol. The molecule has 1 aromatic heterocycles. The molecule has 136 valence electrons. The van der Waals surface area contributed by atoms with E-state index in [1.165, 1.54) is 12.0 Å². The smallest absolute Gasteiger partial charge is 0.123 e. The monoisotopic (exact) mass is 342 g/mol. The minimum atomic E-state index is 0.664. The Morgan fingerprint density at radius 2 is 2.12 bits per heavy atom. The Kier molecular flexibility index (Phi) is 6.48. The summed E-state index contributed by atoms with van der Waals surface area (Å²) in [5.41, 5.74) is 1.30. The standard InChI is InChI=1S/C20H30N4O/c1-3-19-16-24(13-12-22(19)2)15-18-7-4-5-8-20(18)25-14-6-10-23-11-9-21-17-23/h4-5,7-9,11,17,19H,3,6,10,12-16H2,1-2H3/t19-/m1/s1. The second kappa shape index (κ2) is 9.02. The molecule has 3 rings (SSSR count). The average Bonchev–Trinajstić information content (AvgIpc) is 3.15. The van der Waals surface area contributed by atoms with Crippen LogP contribution in [-0.2, 0) is 13.1 Å². The van der Waals surface area contributed by atoms with Crippen molar-refractivity contribution in [2.24, 2.45) is 0 Å². The normalized spacial score (nSPS) is 19.2. The van der Waals surface area contributed by atoms with Crippen molar-refractivity contribution in [1.29, 1.82) is 0 Å². The van der Waals surface area contributed by atoms with Crippen LogP contribution in [0.25, 0.3) is 0 Å². The quantitative estimate of drug-likeness (QED) is 0.691. The molecule has 1 atom stereocenters. The third kappa shape index (κ3) is 5.06. The van der Waals surface area contributed by atoms with Crippen molar-refractivity contribution in [2.45, 2.75) is 38.9 Å². The number of para-hydroxylation sites is 1. The molecule has 1 aromatic carbocycles. The first-order chi connectivity index (χ1) is 12.3. The van der Waals surface area contributed by atoms with Gasteiger partial charge in [0.15, 0.2) is 0 Å². The maximum absolute atomic E-state index is 6.08. The van der Waals surface area contributed by atoms with Crippen molar-refractivity contribution in [2.75, 3.05) is 33.3 Å². The van der Waals surface area contributed by atoms with Crippen LogP contribution in [0, 0.1) is 0 Å². The Morgan fingerprint density at radius 3 is 2.92 bits per heavy atom. The molecule has 0 amide bonds. The predicted octanol–water partition coefficient (Wildman–Crippen LogP) is 2.88. The van der Waals surface area contributed by atoms with Crippen molar-refractivity contribution in [3.8, 4) is 5.75 Å². The molecule has 2 heterocycles. The highest BCUT2D eigenvalue weighted by atomic mass is 16.5. The maximum atomic E-state index is 6.08. The van der Waals surface area contributed by atoms with E-state index >= 15 is 0 Å². The zero-order chi connectivity index (χ0) is 17.5. The summed E-state index contributed by atoms with van der Waals surface area (Å²) in [4.78, 5) is 9.11. The summed E-state index contributed by atoms with van der Waals surface area (Å²) < 4.78 is 8.17. The van der Waals surface area contributed by atoms with Gasteiger partial charge in [0.2, 0.25) is 0 Å². The van der Waals surface area contributed by atoms with Gasteiger partial charge in [-0.15, -0.1) is 0 Å². The molecular weight excluding hydrogens is 312 g/mol. The van der Waals surface area contributed by atoms with E-state index in [0.29, 0.717) is 6.04 Å². The Labute approximate surface area is 151 Å². The fourth-order valence-corrected chi connectivity index (χ4v) is 3.46. The van der Waals surface area contributed by atoms with Gasteiger partial charge in [0.1, 0.15) is 5.75 Å². The lowest BCUT2D eigenvalue weighted by atomic mass is 10.1. The molecule has 0 bridgehead atoms. The first kappa shape index (κ1) is 18.0. The summed E-state index contributed by atoms with van der Waals surface area (Å²) in [6.45, 7) is 8.34. The molecule has 0 N–H and O–H groups in total. The number of piperazine rings is 1. The highest BCUT2D eigenvalue weighted by Gasteiger charge is 2.23. The van der Waals surface area contributed by atoms with Crippen LogP contribution >= 0.6 is 0 Å². The highest BCUT2D eigenvalue weighted by molar-refractivity contribution is 5.33. The number of hydrogen-bond donors (Lipinski definition) is 0. The number of hydrogen-bond acceptors (Lipinski definition) is 4. The van der Waals surface area contributed by atoms with Gasteiger partial charge in [-0.2, -0.15) is 0 Å². The van der Waals surface area contributed by atoms with Crippen molar-refractivity contribution in [1.82, 2.24) is 19.4 Å². The van der Waals surface area contributed by atoms with E-state index in [4.69, 9.17) is 4.74 Å². The third-order valence-corrected chi connectivity index (χ3v) is 5.08. The highest BCUT2D eigenvalue weighted by Crippen LogP contribution is 2.22. The zero-order valence-electron chi connectivity index (χ0n) is 15.5. The molecule has 1 aliphatic heterocycles. The summed E-state index contributed by atoms with van der Waals surface area (Å²) in [7, 11) is 2.24. The number of aryl methyl sites for hydroxylation is 1. The third-order valence-electron chi connectivity index (χ3n) is 5.08. The summed E-state index contributed by atoms with van der Waals surface area (Å²) in [6, 6.07) is 9.14. The summed E-state index contributed by atoms with van der Waals surface area (Å²) >= 11 is 0. The minimum absolute atomic E-state index is 0.664. The lowest BCUT2D eigenvalue weighted by Gasteiger charge is -2.39. The summed E-state index contributed by atoms with van der Waals surface area (Å²) in [5, 5.41) is 0. The number of nitrogens with zero attached hydrogens (tertiary/aromatic N) is 4. The molecule has 1 fully saturated rings. The van der Waals surface area contributed by atoms with E-state index in [1.807, 2.05) is 18.7 Å². The van der Waals surface area contributed by atoms with Gasteiger partial charge in [-0.3, -0.25) is 4.90 Å². The van der Waals surface area contributed by atoms with Crippen LogP contribution in [0.15, 0.2) is 43.0 Å². The molecular formula is C20H30N4O. The number of imidazole rings is 1. The second-order valence-corrected chi connectivity index (χ2v) is 6.89. The van der Waals surface area contributed by atoms with E-state index in [1.54, 1.807) is 0 Å². The topological polar surface area (TPSA) is 33.5 Å². The first-order valence-electron chi connectivity index (χ1n) is 9.35. The second-order valence-electron chi connectivity index (χ2n) is 6.89. The van der Waals surface area contributed by atoms with E-state index in [-0.39, 0.29) is 0 Å². The van der Waals surface area contributed by atoms with E-state index in [0.717, 1.165) is 51.5 Å². The fraction of sp³-hybridized carbons (Fsp3) is 0.550. The first-order valence-corrected chi connectivity index (χ1v) is 9.35. The molecule has 5 heteroatoms. The molecule has 5 nitrogen and oxygen atoms in total. The van der Waals surface area contributed by atoms with Crippen molar-refractivity contribution < 1.29 is 4.74 Å². The molecule has 25 heavy (non-hydrogen) atoms. The number of ether oxygens (including phenoxy) is 1. The van der Waals surface area contributed by atoms with Gasteiger partial charge in [0.25, 0.3) is 0 Å². The van der Waals surface area contributed by atoms with Crippen LogP contribution in [0.5, 0.6) is 5.75 Å². The lowest BCUT2D eigenvalue weighted by Crippen LogP contribution is -2.50. The minimum Gasteiger partial charge on any atom is -0.493 e. The Bertz CT molecular complexity index is 628. The Balaban J connectivity index is 1.51. The summed E-state index contributed by atoms with van der Waals surface area (Å²) in [6.07, 6.45) is 7.85. The van der Waals surface area contributed by atoms with E-state index in [2.05, 4.69) is 57.6 Å². The Morgan fingerprint density at radius 1 is 1.24 bits per heavy atom. The van der Waals surface area contributed by atoms with Crippen LogP contribution in [0.3, 0.4) is 0 Å². The van der Waals surface area contributed by atoms with Gasteiger partial charge in [-0.05, 0) is 26.0 Å². The van der Waals surface area contributed by atoms with Crippen molar-refractivity contribution in [3.05, 3.63) is 48.5 Å². The fourth-order valence-electron chi connectivity index (χ4n) is 3.46. The summed E-state index contributed by atoms with van der Waals surface area (Å²) in [5.74, 6) is 1.03. The molecule has 2 aromatic rings. The van der Waals surface area contributed by atoms with Crippen molar-refractivity contribution >= 4 is 0 Å². The van der Waals surface area contributed by atoms with Gasteiger partial charge in [-0.1, -0.05) is 25.1 Å². The van der Waals surface area contributed by atoms with Gasteiger partial charge in [0.05, 0.1) is 12.9 Å². The number of rotatable bonds is 8. The molecule has 0 spiro atoms. The number of likely N-dealkylation sites (N-methyl/N-ethyl adjacent to an activating group) is 1. The van der Waals surface area contributed by atoms with E-state index in [9.17, 15) is 0 Å². The SMILES string of the molecule is CC[C@@H]1CN(Cc2ccccc2OCCCn2ccnc2)CCN1C. The maximum Gasteiger partial charge on any atom is 0.123 e. The van der Waals surface area contributed by atoms with Gasteiger partial charge in [0, 0.05) is 56.7 Å². The molecule has 0 aliphatic carbocycles. The van der Waals surface area contributed by atoms with Gasteiger partial charge in [-0.25, -0.2) is 4.98 Å². The number of aromatic nitrogens is 2. The molecule has 1 aliphatic rings. The van der Waals surface area contributed by atoms with Crippen LogP contribution in [0.4, 0.5) is 0 Å². The van der Waals surface area contributed by atoms with Crippen LogP contribution in [0.1, 0.15) is 25.3 Å². The molecule has 0 saturated carbocycles. The van der Waals surface area contributed by atoms with Crippen LogP contribution in [-0.4, -0.2) is 58.7 Å². The Hall–Kier alpha value is -1.85. The number of benzene rings is 1. The van der Waals surface area contributed by atoms with Crippen LogP contribution < -0.4 is 4.74 Å². The molecule has 0 radical (unpaired) electrons. The largest absolute Gasteiger partial charge is 0.493 e. The molecule has 1 saturated heterocycles.